The summed E-state index contributed by atoms with van der Waals surface area (Å²) in [7, 11) is 0. The molecular formula is C14H9BrClNO2. The Kier molecular flexibility index (Phi) is 4.43. The van der Waals surface area contributed by atoms with Crippen LogP contribution in [-0.2, 0) is 6.61 Å². The number of aliphatic hydroxyl groups excluding tert-OH is 1. The van der Waals surface area contributed by atoms with E-state index in [1.165, 1.54) is 0 Å². The van der Waals surface area contributed by atoms with E-state index < -0.39 is 0 Å². The second-order valence-electron chi connectivity index (χ2n) is 3.78. The number of benzene rings is 2. The third kappa shape index (κ3) is 3.27. The van der Waals surface area contributed by atoms with Gasteiger partial charge in [0.1, 0.15) is 17.6 Å². The van der Waals surface area contributed by atoms with Crippen molar-refractivity contribution in [1.29, 1.82) is 5.26 Å². The van der Waals surface area contributed by atoms with Crippen LogP contribution in [0, 0.1) is 11.3 Å². The van der Waals surface area contributed by atoms with Gasteiger partial charge < -0.3 is 9.84 Å². The monoisotopic (exact) mass is 337 g/mol. The van der Waals surface area contributed by atoms with Gasteiger partial charge in [-0.05, 0) is 35.9 Å². The number of aliphatic hydroxyl groups is 1. The maximum Gasteiger partial charge on any atom is 0.147 e. The van der Waals surface area contributed by atoms with Crippen LogP contribution in [-0.4, -0.2) is 5.11 Å². The van der Waals surface area contributed by atoms with Gasteiger partial charge >= 0.3 is 0 Å². The molecule has 0 atom stereocenters. The molecule has 0 aliphatic carbocycles. The fraction of sp³-hybridized carbons (Fsp3) is 0.0714. The normalized spacial score (nSPS) is 10.0. The first-order valence-corrected chi connectivity index (χ1v) is 6.58. The molecule has 0 fully saturated rings. The SMILES string of the molecule is N#Cc1cc(CO)ccc1Oc1cc(Br)ccc1Cl. The molecule has 0 heterocycles. The lowest BCUT2D eigenvalue weighted by atomic mass is 10.1. The molecule has 0 radical (unpaired) electrons. The molecule has 0 spiro atoms. The summed E-state index contributed by atoms with van der Waals surface area (Å²) >= 11 is 9.36. The summed E-state index contributed by atoms with van der Waals surface area (Å²) in [6.07, 6.45) is 0. The van der Waals surface area contributed by atoms with Crippen LogP contribution in [0.5, 0.6) is 11.5 Å². The van der Waals surface area contributed by atoms with Crippen molar-refractivity contribution < 1.29 is 9.84 Å². The number of halogens is 2. The average molecular weight is 339 g/mol. The first kappa shape index (κ1) is 13.9. The maximum atomic E-state index is 9.09. The van der Waals surface area contributed by atoms with E-state index in [0.29, 0.717) is 27.6 Å². The Morgan fingerprint density at radius 3 is 2.68 bits per heavy atom. The maximum absolute atomic E-state index is 9.09. The molecule has 0 bridgehead atoms. The second-order valence-corrected chi connectivity index (χ2v) is 5.10. The van der Waals surface area contributed by atoms with Gasteiger partial charge in [-0.2, -0.15) is 5.26 Å². The predicted octanol–water partition coefficient (Wildman–Crippen LogP) is 4.26. The lowest BCUT2D eigenvalue weighted by molar-refractivity contribution is 0.281. The van der Waals surface area contributed by atoms with Crippen LogP contribution in [0.4, 0.5) is 0 Å². The van der Waals surface area contributed by atoms with E-state index in [1.54, 1.807) is 36.4 Å². The van der Waals surface area contributed by atoms with Crippen LogP contribution in [0.25, 0.3) is 0 Å². The minimum atomic E-state index is -0.118. The molecule has 0 unspecified atom stereocenters. The number of nitrogens with zero attached hydrogens (tertiary/aromatic N) is 1. The molecule has 0 amide bonds. The molecule has 5 heteroatoms. The Balaban J connectivity index is 2.38. The van der Waals surface area contributed by atoms with Crippen LogP contribution >= 0.6 is 27.5 Å². The highest BCUT2D eigenvalue weighted by Gasteiger charge is 2.09. The molecule has 2 aromatic carbocycles. The Morgan fingerprint density at radius 1 is 1.21 bits per heavy atom. The fourth-order valence-corrected chi connectivity index (χ4v) is 2.02. The highest BCUT2D eigenvalue weighted by molar-refractivity contribution is 9.10. The molecule has 0 saturated carbocycles. The van der Waals surface area contributed by atoms with Crippen LogP contribution in [0.1, 0.15) is 11.1 Å². The highest BCUT2D eigenvalue weighted by atomic mass is 79.9. The number of hydrogen-bond acceptors (Lipinski definition) is 3. The Bertz CT molecular complexity index is 652. The summed E-state index contributed by atoms with van der Waals surface area (Å²) in [6.45, 7) is -0.118. The molecule has 0 aliphatic heterocycles. The number of hydrogen-bond donors (Lipinski definition) is 1. The third-order valence-corrected chi connectivity index (χ3v) is 3.27. The van der Waals surface area contributed by atoms with Gasteiger partial charge in [0.25, 0.3) is 0 Å². The van der Waals surface area contributed by atoms with Crippen molar-refractivity contribution in [2.24, 2.45) is 0 Å². The minimum Gasteiger partial charge on any atom is -0.454 e. The van der Waals surface area contributed by atoms with Gasteiger partial charge in [0.2, 0.25) is 0 Å². The molecule has 0 aliphatic rings. The van der Waals surface area contributed by atoms with Crippen molar-refractivity contribution in [1.82, 2.24) is 0 Å². The first-order valence-electron chi connectivity index (χ1n) is 5.41. The molecule has 2 rings (SSSR count). The van der Waals surface area contributed by atoms with Gasteiger partial charge in [0.15, 0.2) is 0 Å². The van der Waals surface area contributed by atoms with E-state index in [9.17, 15) is 0 Å². The minimum absolute atomic E-state index is 0.118. The van der Waals surface area contributed by atoms with Crippen molar-refractivity contribution in [3.8, 4) is 17.6 Å². The standard InChI is InChI=1S/C14H9BrClNO2/c15-11-2-3-12(16)14(6-11)19-13-4-1-9(8-18)5-10(13)7-17/h1-6,18H,8H2. The molecular weight excluding hydrogens is 330 g/mol. The van der Waals surface area contributed by atoms with Crippen LogP contribution < -0.4 is 4.74 Å². The van der Waals surface area contributed by atoms with Crippen molar-refractivity contribution in [3.05, 3.63) is 57.0 Å². The molecule has 2 aromatic rings. The van der Waals surface area contributed by atoms with E-state index in [0.717, 1.165) is 4.47 Å². The van der Waals surface area contributed by atoms with Crippen molar-refractivity contribution in [2.45, 2.75) is 6.61 Å². The molecule has 19 heavy (non-hydrogen) atoms. The number of ether oxygens (including phenoxy) is 1. The molecule has 96 valence electrons. The molecule has 0 aromatic heterocycles. The Morgan fingerprint density at radius 2 is 2.00 bits per heavy atom. The van der Waals surface area contributed by atoms with Crippen LogP contribution in [0.15, 0.2) is 40.9 Å². The van der Waals surface area contributed by atoms with E-state index >= 15 is 0 Å². The summed E-state index contributed by atoms with van der Waals surface area (Å²) in [5, 5.41) is 18.6. The van der Waals surface area contributed by atoms with Gasteiger partial charge in [0.05, 0.1) is 17.2 Å². The van der Waals surface area contributed by atoms with Crippen LogP contribution in [0.2, 0.25) is 5.02 Å². The van der Waals surface area contributed by atoms with Gasteiger partial charge in [-0.15, -0.1) is 0 Å². The molecule has 0 saturated heterocycles. The van der Waals surface area contributed by atoms with E-state index in [2.05, 4.69) is 15.9 Å². The Labute approximate surface area is 124 Å². The van der Waals surface area contributed by atoms with Crippen molar-refractivity contribution in [3.63, 3.8) is 0 Å². The number of nitriles is 1. The van der Waals surface area contributed by atoms with Gasteiger partial charge in [-0.3, -0.25) is 0 Å². The summed E-state index contributed by atoms with van der Waals surface area (Å²) in [6, 6.07) is 12.2. The second kappa shape index (κ2) is 6.07. The summed E-state index contributed by atoms with van der Waals surface area (Å²) in [5.74, 6) is 0.865. The van der Waals surface area contributed by atoms with Crippen molar-refractivity contribution >= 4 is 27.5 Å². The largest absolute Gasteiger partial charge is 0.454 e. The van der Waals surface area contributed by atoms with E-state index in [-0.39, 0.29) is 6.61 Å². The lowest BCUT2D eigenvalue weighted by Gasteiger charge is -2.10. The smallest absolute Gasteiger partial charge is 0.147 e. The zero-order valence-electron chi connectivity index (χ0n) is 9.73. The van der Waals surface area contributed by atoms with E-state index in [4.69, 9.17) is 26.7 Å². The van der Waals surface area contributed by atoms with Gasteiger partial charge in [-0.25, -0.2) is 0 Å². The quantitative estimate of drug-likeness (QED) is 0.910. The third-order valence-electron chi connectivity index (χ3n) is 2.46. The summed E-state index contributed by atoms with van der Waals surface area (Å²) in [5.41, 5.74) is 1.01. The zero-order chi connectivity index (χ0) is 13.8. The van der Waals surface area contributed by atoms with E-state index in [1.807, 2.05) is 6.07 Å². The highest BCUT2D eigenvalue weighted by Crippen LogP contribution is 2.33. The summed E-state index contributed by atoms with van der Waals surface area (Å²) < 4.78 is 6.48. The fourth-order valence-electron chi connectivity index (χ4n) is 1.53. The van der Waals surface area contributed by atoms with Crippen molar-refractivity contribution in [2.75, 3.05) is 0 Å². The zero-order valence-corrected chi connectivity index (χ0v) is 12.1. The average Bonchev–Trinajstić information content (AvgIpc) is 2.43. The summed E-state index contributed by atoms with van der Waals surface area (Å²) in [4.78, 5) is 0. The topological polar surface area (TPSA) is 53.2 Å². The van der Waals surface area contributed by atoms with Gasteiger partial charge in [0, 0.05) is 4.47 Å². The lowest BCUT2D eigenvalue weighted by Crippen LogP contribution is -1.92. The van der Waals surface area contributed by atoms with Crippen LogP contribution in [0.3, 0.4) is 0 Å². The molecule has 3 nitrogen and oxygen atoms in total. The predicted molar refractivity (Wildman–Crippen MR) is 76.3 cm³/mol. The number of rotatable bonds is 3. The van der Waals surface area contributed by atoms with Gasteiger partial charge in [-0.1, -0.05) is 33.6 Å². The Hall–Kier alpha value is -1.54. The first-order chi connectivity index (χ1) is 9.13. The molecule has 1 N–H and O–H groups in total.